The lowest BCUT2D eigenvalue weighted by Gasteiger charge is -2.13. The third kappa shape index (κ3) is 4.57. The number of hydrogen-bond acceptors (Lipinski definition) is 7. The Hall–Kier alpha value is -2.11. The average molecular weight is 439 g/mol. The van der Waals surface area contributed by atoms with Gasteiger partial charge in [0, 0.05) is 23.2 Å². The van der Waals surface area contributed by atoms with Crippen molar-refractivity contribution in [1.82, 2.24) is 29.6 Å². The molecule has 0 spiro atoms. The molecule has 2 N–H and O–H groups in total. The number of carbonyl (C=O) groups excluding carboxylic acids is 1. The summed E-state index contributed by atoms with van der Waals surface area (Å²) in [6, 6.07) is 2.08. The molecule has 0 radical (unpaired) electrons. The number of fused-ring (bicyclic) bond motifs is 1. The first-order chi connectivity index (χ1) is 14.0. The van der Waals surface area contributed by atoms with E-state index in [1.54, 1.807) is 18.1 Å². The van der Waals surface area contributed by atoms with Crippen molar-refractivity contribution in [2.45, 2.75) is 49.5 Å². The van der Waals surface area contributed by atoms with Crippen LogP contribution in [0.15, 0.2) is 23.4 Å². The van der Waals surface area contributed by atoms with E-state index in [4.69, 9.17) is 0 Å². The van der Waals surface area contributed by atoms with Crippen molar-refractivity contribution in [2.75, 3.05) is 6.54 Å². The van der Waals surface area contributed by atoms with E-state index in [9.17, 15) is 13.6 Å². The molecule has 3 heterocycles. The van der Waals surface area contributed by atoms with Gasteiger partial charge in [-0.3, -0.25) is 13.9 Å². The van der Waals surface area contributed by atoms with Crippen LogP contribution in [0.5, 0.6) is 0 Å². The van der Waals surface area contributed by atoms with Gasteiger partial charge in [0.1, 0.15) is 11.3 Å². The quantitative estimate of drug-likeness (QED) is 0.286. The Morgan fingerprint density at radius 1 is 1.41 bits per heavy atom. The van der Waals surface area contributed by atoms with Crippen molar-refractivity contribution in [1.29, 1.82) is 0 Å². The van der Waals surface area contributed by atoms with Gasteiger partial charge >= 0.3 is 0 Å². The summed E-state index contributed by atoms with van der Waals surface area (Å²) in [7, 11) is 0. The highest BCUT2D eigenvalue weighted by Gasteiger charge is 2.37. The van der Waals surface area contributed by atoms with E-state index < -0.39 is 6.43 Å². The minimum Gasteiger partial charge on any atom is -0.359 e. The number of amides is 1. The molecule has 0 aliphatic heterocycles. The molecule has 1 amide bonds. The average Bonchev–Trinajstić information content (AvgIpc) is 3.10. The van der Waals surface area contributed by atoms with E-state index in [2.05, 4.69) is 38.2 Å². The highest BCUT2D eigenvalue weighted by Crippen LogP contribution is 2.38. The minimum absolute atomic E-state index is 0.164. The molecule has 3 aromatic heterocycles. The summed E-state index contributed by atoms with van der Waals surface area (Å²) in [4.78, 5) is 16.0. The smallest absolute Gasteiger partial charge is 0.291 e. The van der Waals surface area contributed by atoms with E-state index >= 15 is 0 Å². The number of pyridine rings is 1. The van der Waals surface area contributed by atoms with Gasteiger partial charge in [0.25, 0.3) is 6.43 Å². The van der Waals surface area contributed by atoms with Gasteiger partial charge < -0.3 is 5.32 Å². The fourth-order valence-corrected chi connectivity index (χ4v) is 4.50. The second-order valence-corrected chi connectivity index (χ2v) is 9.11. The molecule has 11 heteroatoms. The molecule has 154 valence electrons. The number of alkyl halides is 2. The number of aromatic nitrogens is 4. The number of nitrogens with zero attached hydrogens (tertiary/aromatic N) is 4. The molecular formula is C18H20F2N6OS2. The van der Waals surface area contributed by atoms with Crippen molar-refractivity contribution in [3.63, 3.8) is 0 Å². The summed E-state index contributed by atoms with van der Waals surface area (Å²) in [5.74, 6) is 0. The fraction of sp³-hybridized carbons (Fsp3) is 0.444. The first kappa shape index (κ1) is 20.2. The van der Waals surface area contributed by atoms with Gasteiger partial charge in [-0.05, 0) is 56.2 Å². The molecule has 0 saturated heterocycles. The van der Waals surface area contributed by atoms with Crippen LogP contribution in [0, 0.1) is 0 Å². The second-order valence-electron chi connectivity index (χ2n) is 7.22. The van der Waals surface area contributed by atoms with E-state index in [0.29, 0.717) is 23.7 Å². The molecule has 7 nitrogen and oxygen atoms in total. The number of rotatable bonds is 10. The van der Waals surface area contributed by atoms with Crippen LogP contribution >= 0.6 is 23.3 Å². The Morgan fingerprint density at radius 2 is 2.24 bits per heavy atom. The predicted molar refractivity (Wildman–Crippen MR) is 108 cm³/mol. The van der Waals surface area contributed by atoms with Crippen LogP contribution in [-0.2, 0) is 11.2 Å². The summed E-state index contributed by atoms with van der Waals surface area (Å²) in [6.07, 6.45) is 5.41. The summed E-state index contributed by atoms with van der Waals surface area (Å²) < 4.78 is 31.2. The first-order valence-electron chi connectivity index (χ1n) is 9.22. The number of nitrogens with one attached hydrogen (secondary N) is 2. The molecule has 1 saturated carbocycles. The topological polar surface area (TPSA) is 84.2 Å². The van der Waals surface area contributed by atoms with Gasteiger partial charge in [0.15, 0.2) is 10.0 Å². The van der Waals surface area contributed by atoms with Crippen molar-refractivity contribution < 1.29 is 13.6 Å². The molecular weight excluding hydrogens is 418 g/mol. The molecule has 0 aromatic carbocycles. The Morgan fingerprint density at radius 3 is 2.93 bits per heavy atom. The minimum atomic E-state index is -2.64. The Balaban J connectivity index is 1.67. The largest absolute Gasteiger partial charge is 0.359 e. The van der Waals surface area contributed by atoms with Gasteiger partial charge in [-0.15, -0.1) is 10.2 Å². The monoisotopic (exact) mass is 438 g/mol. The van der Waals surface area contributed by atoms with Crippen LogP contribution in [-0.4, -0.2) is 38.1 Å². The number of hydrogen-bond donors (Lipinski definition) is 2. The summed E-state index contributed by atoms with van der Waals surface area (Å²) in [6.45, 7) is 2.76. The maximum Gasteiger partial charge on any atom is 0.291 e. The van der Waals surface area contributed by atoms with Crippen molar-refractivity contribution in [3.8, 4) is 10.7 Å². The summed E-state index contributed by atoms with van der Waals surface area (Å²) >= 11 is 2.43. The fourth-order valence-electron chi connectivity index (χ4n) is 2.87. The van der Waals surface area contributed by atoms with Gasteiger partial charge in [-0.2, -0.15) is 0 Å². The third-order valence-electron chi connectivity index (χ3n) is 4.77. The van der Waals surface area contributed by atoms with Crippen LogP contribution in [0.3, 0.4) is 0 Å². The van der Waals surface area contributed by atoms with Gasteiger partial charge in [-0.25, -0.2) is 13.8 Å². The standard InChI is InChI=1S/C18H20F2N6OS2/c1-18(4-5-18)25-29-12-7-11(3-2-6-21-10-27)15-22-8-13(26(15)9-12)16-23-24-17(28-16)14(19)20/h7-10,14,25H,2-6H2,1H3,(H,21,27). The zero-order valence-electron chi connectivity index (χ0n) is 15.7. The zero-order chi connectivity index (χ0) is 20.4. The lowest BCUT2D eigenvalue weighted by molar-refractivity contribution is -0.109. The second kappa shape index (κ2) is 8.33. The maximum absolute atomic E-state index is 12.9. The Kier molecular flexibility index (Phi) is 5.79. The molecule has 0 unspecified atom stereocenters. The van der Waals surface area contributed by atoms with Crippen LogP contribution in [0.2, 0.25) is 0 Å². The number of halogens is 2. The van der Waals surface area contributed by atoms with Crippen LogP contribution in [0.25, 0.3) is 16.3 Å². The van der Waals surface area contributed by atoms with Gasteiger partial charge in [0.2, 0.25) is 6.41 Å². The van der Waals surface area contributed by atoms with Crippen molar-refractivity contribution in [3.05, 3.63) is 29.0 Å². The lowest BCUT2D eigenvalue weighted by atomic mass is 10.1. The Labute approximate surface area is 174 Å². The molecule has 29 heavy (non-hydrogen) atoms. The molecule has 4 rings (SSSR count). The number of carbonyl (C=O) groups is 1. The van der Waals surface area contributed by atoms with E-state index in [1.807, 2.05) is 10.6 Å². The normalized spacial score (nSPS) is 15.2. The van der Waals surface area contributed by atoms with Crippen LogP contribution in [0.4, 0.5) is 8.78 Å². The predicted octanol–water partition coefficient (Wildman–Crippen LogP) is 3.62. The Bertz CT molecular complexity index is 1020. The molecule has 1 aliphatic rings. The van der Waals surface area contributed by atoms with Crippen LogP contribution in [0.1, 0.15) is 43.2 Å². The summed E-state index contributed by atoms with van der Waals surface area (Å²) in [5.41, 5.74) is 2.57. The molecule has 3 aromatic rings. The lowest BCUT2D eigenvalue weighted by Crippen LogP contribution is -2.20. The SMILES string of the molecule is CC1(NSc2cc(CCCNC=O)c3ncc(-c4nnc(C(F)F)s4)n3c2)CC1. The summed E-state index contributed by atoms with van der Waals surface area (Å²) in [5, 5.41) is 10.3. The maximum atomic E-state index is 12.9. The van der Waals surface area contributed by atoms with Gasteiger partial charge in [-0.1, -0.05) is 11.3 Å². The zero-order valence-corrected chi connectivity index (χ0v) is 17.3. The van der Waals surface area contributed by atoms with Crippen molar-refractivity contribution in [2.24, 2.45) is 0 Å². The van der Waals surface area contributed by atoms with E-state index in [-0.39, 0.29) is 10.5 Å². The van der Waals surface area contributed by atoms with Gasteiger partial charge in [0.05, 0.1) is 6.20 Å². The molecule has 1 fully saturated rings. The first-order valence-corrected chi connectivity index (χ1v) is 10.9. The molecule has 0 atom stereocenters. The number of aryl methyl sites for hydroxylation is 1. The highest BCUT2D eigenvalue weighted by molar-refractivity contribution is 7.97. The van der Waals surface area contributed by atoms with Crippen LogP contribution < -0.4 is 10.0 Å². The van der Waals surface area contributed by atoms with E-state index in [0.717, 1.165) is 53.1 Å². The third-order valence-corrected chi connectivity index (χ3v) is 6.78. The molecule has 1 aliphatic carbocycles. The number of imidazole rings is 1. The van der Waals surface area contributed by atoms with E-state index in [1.165, 1.54) is 0 Å². The highest BCUT2D eigenvalue weighted by atomic mass is 32.2. The van der Waals surface area contributed by atoms with Crippen molar-refractivity contribution >= 4 is 35.3 Å². The molecule has 0 bridgehead atoms.